The maximum absolute atomic E-state index is 12.6. The summed E-state index contributed by atoms with van der Waals surface area (Å²) in [5, 5.41) is 12.4. The predicted octanol–water partition coefficient (Wildman–Crippen LogP) is 3.88. The average molecular weight is 487 g/mol. The van der Waals surface area contributed by atoms with E-state index in [1.54, 1.807) is 4.68 Å². The van der Waals surface area contributed by atoms with Gasteiger partial charge in [-0.05, 0) is 37.6 Å². The number of halogens is 2. The standard InChI is InChI=1S/C24H28Cl2N6O/c1-18-23(28-29-32(18)17-19-7-3-2-4-8-19)24(33)27-11-6-12-30-13-15-31(16-14-30)21-10-5-9-20(25)22(21)26/h2-5,7-10H,6,11-17H2,1H3,(H,27,33). The molecule has 0 saturated carbocycles. The number of piperazine rings is 1. The van der Waals surface area contributed by atoms with Crippen LogP contribution in [0.1, 0.15) is 28.2 Å². The molecule has 1 N–H and O–H groups in total. The van der Waals surface area contributed by atoms with Gasteiger partial charge in [0.2, 0.25) is 0 Å². The van der Waals surface area contributed by atoms with Crippen LogP contribution in [0, 0.1) is 6.92 Å². The summed E-state index contributed by atoms with van der Waals surface area (Å²) in [5.41, 5.74) is 3.27. The zero-order valence-corrected chi connectivity index (χ0v) is 20.2. The second-order valence-corrected chi connectivity index (χ2v) is 8.96. The van der Waals surface area contributed by atoms with Crippen LogP contribution in [0.2, 0.25) is 10.0 Å². The third-order valence-electron chi connectivity index (χ3n) is 5.95. The number of anilines is 1. The van der Waals surface area contributed by atoms with Crippen LogP contribution in [0.15, 0.2) is 48.5 Å². The number of aromatic nitrogens is 3. The summed E-state index contributed by atoms with van der Waals surface area (Å²) in [6.45, 7) is 7.70. The van der Waals surface area contributed by atoms with Crippen LogP contribution >= 0.6 is 23.2 Å². The number of nitrogens with one attached hydrogen (secondary N) is 1. The highest BCUT2D eigenvalue weighted by Crippen LogP contribution is 2.32. The maximum Gasteiger partial charge on any atom is 0.273 e. The molecule has 2 aromatic carbocycles. The minimum atomic E-state index is -0.174. The van der Waals surface area contributed by atoms with Crippen LogP contribution in [0.4, 0.5) is 5.69 Å². The van der Waals surface area contributed by atoms with E-state index in [2.05, 4.69) is 25.4 Å². The van der Waals surface area contributed by atoms with E-state index in [0.29, 0.717) is 28.8 Å². The molecule has 1 amide bonds. The highest BCUT2D eigenvalue weighted by Gasteiger charge is 2.20. The molecule has 1 fully saturated rings. The van der Waals surface area contributed by atoms with Gasteiger partial charge in [-0.2, -0.15) is 0 Å². The molecule has 1 saturated heterocycles. The first-order valence-corrected chi connectivity index (χ1v) is 11.9. The molecule has 4 rings (SSSR count). The van der Waals surface area contributed by atoms with Crippen molar-refractivity contribution in [2.24, 2.45) is 0 Å². The van der Waals surface area contributed by atoms with E-state index in [9.17, 15) is 4.79 Å². The van der Waals surface area contributed by atoms with E-state index >= 15 is 0 Å². The van der Waals surface area contributed by atoms with Gasteiger partial charge in [-0.25, -0.2) is 4.68 Å². The van der Waals surface area contributed by atoms with Crippen molar-refractivity contribution in [3.8, 4) is 0 Å². The minimum Gasteiger partial charge on any atom is -0.368 e. The summed E-state index contributed by atoms with van der Waals surface area (Å²) in [7, 11) is 0. The number of amides is 1. The van der Waals surface area contributed by atoms with Gasteiger partial charge in [-0.1, -0.05) is 64.8 Å². The fourth-order valence-electron chi connectivity index (χ4n) is 4.01. The number of hydrogen-bond acceptors (Lipinski definition) is 5. The Morgan fingerprint density at radius 1 is 1.03 bits per heavy atom. The molecule has 3 aromatic rings. The molecule has 1 aliphatic rings. The lowest BCUT2D eigenvalue weighted by Gasteiger charge is -2.36. The van der Waals surface area contributed by atoms with Gasteiger partial charge in [0.1, 0.15) is 0 Å². The smallest absolute Gasteiger partial charge is 0.273 e. The van der Waals surface area contributed by atoms with Gasteiger partial charge >= 0.3 is 0 Å². The van der Waals surface area contributed by atoms with Crippen molar-refractivity contribution in [3.05, 3.63) is 75.5 Å². The van der Waals surface area contributed by atoms with Gasteiger partial charge in [0.15, 0.2) is 5.69 Å². The molecule has 0 radical (unpaired) electrons. The second-order valence-electron chi connectivity index (χ2n) is 8.18. The quantitative estimate of drug-likeness (QED) is 0.489. The summed E-state index contributed by atoms with van der Waals surface area (Å²) in [6, 6.07) is 15.8. The third kappa shape index (κ3) is 5.85. The van der Waals surface area contributed by atoms with E-state index in [-0.39, 0.29) is 5.91 Å². The SMILES string of the molecule is Cc1c(C(=O)NCCCN2CCN(c3cccc(Cl)c3Cl)CC2)nnn1Cc1ccccc1. The molecule has 0 bridgehead atoms. The Hall–Kier alpha value is -2.61. The van der Waals surface area contributed by atoms with Crippen molar-refractivity contribution < 1.29 is 4.79 Å². The van der Waals surface area contributed by atoms with Gasteiger partial charge in [-0.3, -0.25) is 9.69 Å². The van der Waals surface area contributed by atoms with Crippen molar-refractivity contribution in [1.82, 2.24) is 25.2 Å². The molecule has 0 unspecified atom stereocenters. The lowest BCUT2D eigenvalue weighted by molar-refractivity contribution is 0.0945. The van der Waals surface area contributed by atoms with Crippen molar-refractivity contribution >= 4 is 34.8 Å². The lowest BCUT2D eigenvalue weighted by atomic mass is 10.2. The van der Waals surface area contributed by atoms with E-state index in [4.69, 9.17) is 23.2 Å². The summed E-state index contributed by atoms with van der Waals surface area (Å²) in [4.78, 5) is 17.2. The summed E-state index contributed by atoms with van der Waals surface area (Å²) in [5.74, 6) is -0.174. The molecule has 33 heavy (non-hydrogen) atoms. The van der Waals surface area contributed by atoms with Gasteiger partial charge in [-0.15, -0.1) is 5.10 Å². The van der Waals surface area contributed by atoms with E-state index in [1.165, 1.54) is 0 Å². The van der Waals surface area contributed by atoms with Crippen molar-refractivity contribution in [2.45, 2.75) is 19.9 Å². The Kier molecular flexibility index (Phi) is 7.85. The van der Waals surface area contributed by atoms with Crippen LogP contribution < -0.4 is 10.2 Å². The van der Waals surface area contributed by atoms with Gasteiger partial charge in [0, 0.05) is 32.7 Å². The normalized spacial score (nSPS) is 14.5. The molecule has 0 atom stereocenters. The predicted molar refractivity (Wildman–Crippen MR) is 132 cm³/mol. The molecule has 2 heterocycles. The zero-order valence-electron chi connectivity index (χ0n) is 18.7. The number of benzene rings is 2. The minimum absolute atomic E-state index is 0.174. The number of hydrogen-bond donors (Lipinski definition) is 1. The van der Waals surface area contributed by atoms with Crippen molar-refractivity contribution in [1.29, 1.82) is 0 Å². The Bertz CT molecular complexity index is 1080. The maximum atomic E-state index is 12.6. The highest BCUT2D eigenvalue weighted by molar-refractivity contribution is 6.43. The zero-order chi connectivity index (χ0) is 23.2. The molecular formula is C24H28Cl2N6O. The Morgan fingerprint density at radius 2 is 1.79 bits per heavy atom. The van der Waals surface area contributed by atoms with E-state index < -0.39 is 0 Å². The highest BCUT2D eigenvalue weighted by atomic mass is 35.5. The van der Waals surface area contributed by atoms with Crippen LogP contribution in [-0.2, 0) is 6.54 Å². The average Bonchev–Trinajstić information content (AvgIpc) is 3.19. The van der Waals surface area contributed by atoms with Crippen LogP contribution in [0.25, 0.3) is 0 Å². The Labute approximate surface area is 204 Å². The van der Waals surface area contributed by atoms with Crippen LogP contribution in [-0.4, -0.2) is 65.1 Å². The Balaban J connectivity index is 1.19. The van der Waals surface area contributed by atoms with Crippen LogP contribution in [0.3, 0.4) is 0 Å². The first-order valence-electron chi connectivity index (χ1n) is 11.2. The lowest BCUT2D eigenvalue weighted by Crippen LogP contribution is -2.47. The third-order valence-corrected chi connectivity index (χ3v) is 6.76. The molecule has 7 nitrogen and oxygen atoms in total. The van der Waals surface area contributed by atoms with Crippen molar-refractivity contribution in [2.75, 3.05) is 44.2 Å². The first-order chi connectivity index (χ1) is 16.0. The first kappa shape index (κ1) is 23.5. The van der Waals surface area contributed by atoms with Gasteiger partial charge < -0.3 is 10.2 Å². The molecule has 1 aromatic heterocycles. The second kappa shape index (κ2) is 11.0. The monoisotopic (exact) mass is 486 g/mol. The summed E-state index contributed by atoms with van der Waals surface area (Å²) < 4.78 is 1.76. The van der Waals surface area contributed by atoms with E-state index in [1.807, 2.05) is 55.5 Å². The Morgan fingerprint density at radius 3 is 2.55 bits per heavy atom. The fraction of sp³-hybridized carbons (Fsp3) is 0.375. The van der Waals surface area contributed by atoms with E-state index in [0.717, 1.165) is 56.1 Å². The topological polar surface area (TPSA) is 66.3 Å². The van der Waals surface area contributed by atoms with Gasteiger partial charge in [0.25, 0.3) is 5.91 Å². The van der Waals surface area contributed by atoms with Gasteiger partial charge in [0.05, 0.1) is 28.0 Å². The number of rotatable bonds is 8. The summed E-state index contributed by atoms with van der Waals surface area (Å²) in [6.07, 6.45) is 0.876. The van der Waals surface area contributed by atoms with Crippen LogP contribution in [0.5, 0.6) is 0 Å². The summed E-state index contributed by atoms with van der Waals surface area (Å²) >= 11 is 12.5. The molecule has 0 spiro atoms. The molecule has 1 aliphatic heterocycles. The number of nitrogens with zero attached hydrogens (tertiary/aromatic N) is 5. The number of carbonyl (C=O) groups is 1. The molecule has 9 heteroatoms. The van der Waals surface area contributed by atoms with Crippen molar-refractivity contribution in [3.63, 3.8) is 0 Å². The molecular weight excluding hydrogens is 459 g/mol. The fourth-order valence-corrected chi connectivity index (χ4v) is 4.43. The largest absolute Gasteiger partial charge is 0.368 e. The number of carbonyl (C=O) groups excluding carboxylic acids is 1. The molecule has 174 valence electrons. The molecule has 0 aliphatic carbocycles.